The molecule has 4 unspecified atom stereocenters. The maximum Gasteiger partial charge on any atom is 0.310 e. The number of rotatable bonds is 9. The van der Waals surface area contributed by atoms with E-state index in [2.05, 4.69) is 20.8 Å². The lowest BCUT2D eigenvalue weighted by Crippen LogP contribution is -2.63. The highest BCUT2D eigenvalue weighted by molar-refractivity contribution is 5.46. The topological polar surface area (TPSA) is 123 Å². The first-order chi connectivity index (χ1) is 12.9. The average molecular weight is 381 g/mol. The molecular weight excluding hydrogens is 350 g/mol. The van der Waals surface area contributed by atoms with Crippen LogP contribution in [0.2, 0.25) is 0 Å². The molecule has 1 fully saturated rings. The number of hydrogen-bond acceptors (Lipinski definition) is 7. The fourth-order valence-corrected chi connectivity index (χ4v) is 3.45. The highest BCUT2D eigenvalue weighted by atomic mass is 16.6. The molecule has 1 heterocycles. The van der Waals surface area contributed by atoms with Crippen molar-refractivity contribution >= 4 is 5.69 Å². The number of nitrogens with two attached hydrogens (primary N) is 2. The van der Waals surface area contributed by atoms with Crippen LogP contribution in [0.1, 0.15) is 33.6 Å². The summed E-state index contributed by atoms with van der Waals surface area (Å²) in [5.41, 5.74) is 12.3. The fourth-order valence-electron chi connectivity index (χ4n) is 3.45. The van der Waals surface area contributed by atoms with E-state index in [4.69, 9.17) is 25.7 Å². The first-order valence-corrected chi connectivity index (χ1v) is 9.53. The molecule has 1 aromatic rings. The summed E-state index contributed by atoms with van der Waals surface area (Å²) in [6, 6.07) is 5.17. The second-order valence-corrected chi connectivity index (χ2v) is 7.04. The maximum atomic E-state index is 11.2. The van der Waals surface area contributed by atoms with Crippen LogP contribution in [0.25, 0.3) is 0 Å². The van der Waals surface area contributed by atoms with E-state index in [1.165, 1.54) is 6.07 Å². The molecule has 0 amide bonds. The number of nitro groups is 1. The number of para-hydroxylation sites is 2. The zero-order chi connectivity index (χ0) is 20.0. The molecule has 8 heteroatoms. The Morgan fingerprint density at radius 3 is 2.59 bits per heavy atom. The van der Waals surface area contributed by atoms with E-state index in [-0.39, 0.29) is 30.3 Å². The minimum absolute atomic E-state index is 0.0981. The Morgan fingerprint density at radius 2 is 1.96 bits per heavy atom. The Hall–Kier alpha value is -1.74. The van der Waals surface area contributed by atoms with E-state index >= 15 is 0 Å². The summed E-state index contributed by atoms with van der Waals surface area (Å²) in [6.45, 7) is 6.94. The Morgan fingerprint density at radius 1 is 1.30 bits per heavy atom. The molecule has 0 aromatic heterocycles. The minimum atomic E-state index is -0.600. The predicted octanol–water partition coefficient (Wildman–Crippen LogP) is 2.24. The van der Waals surface area contributed by atoms with Gasteiger partial charge in [-0.1, -0.05) is 38.8 Å². The van der Waals surface area contributed by atoms with Crippen LogP contribution in [0.4, 0.5) is 5.69 Å². The van der Waals surface area contributed by atoms with E-state index in [9.17, 15) is 10.1 Å². The number of nitrogens with zero attached hydrogens (tertiary/aromatic N) is 1. The van der Waals surface area contributed by atoms with Crippen LogP contribution in [-0.4, -0.2) is 48.5 Å². The molecule has 1 aliphatic rings. The fraction of sp³-hybridized carbons (Fsp3) is 0.684. The van der Waals surface area contributed by atoms with Crippen molar-refractivity contribution in [1.82, 2.24) is 0 Å². The zero-order valence-corrected chi connectivity index (χ0v) is 16.2. The third-order valence-electron chi connectivity index (χ3n) is 5.29. The van der Waals surface area contributed by atoms with Crippen molar-refractivity contribution in [2.45, 2.75) is 64.0 Å². The Labute approximate surface area is 160 Å². The van der Waals surface area contributed by atoms with E-state index in [1.807, 2.05) is 0 Å². The molecule has 0 bridgehead atoms. The van der Waals surface area contributed by atoms with Crippen LogP contribution < -0.4 is 16.2 Å². The van der Waals surface area contributed by atoms with Gasteiger partial charge in [-0.3, -0.25) is 10.1 Å². The van der Waals surface area contributed by atoms with Gasteiger partial charge in [0, 0.05) is 6.07 Å². The first kappa shape index (κ1) is 21.6. The second kappa shape index (κ2) is 9.98. The van der Waals surface area contributed by atoms with Crippen LogP contribution in [0, 0.1) is 16.0 Å². The molecule has 0 spiro atoms. The Balaban J connectivity index is 2.04. The van der Waals surface area contributed by atoms with Crippen molar-refractivity contribution in [3.8, 4) is 5.75 Å². The molecular formula is C19H31N3O5. The molecule has 0 aliphatic carbocycles. The highest BCUT2D eigenvalue weighted by Crippen LogP contribution is 2.29. The monoisotopic (exact) mass is 381 g/mol. The van der Waals surface area contributed by atoms with Crippen molar-refractivity contribution in [3.05, 3.63) is 34.4 Å². The molecule has 4 N–H and O–H groups in total. The molecule has 2 rings (SSSR count). The summed E-state index contributed by atoms with van der Waals surface area (Å²) in [6.07, 6.45) is 1.21. The van der Waals surface area contributed by atoms with Gasteiger partial charge in [-0.2, -0.15) is 0 Å². The SMILES string of the molecule is CCC(CC)[C@@H](C)OCC1OCC(N)C(Oc2ccccc2[N+](=O)[O-])C1N. The van der Waals surface area contributed by atoms with Crippen LogP contribution in [0.15, 0.2) is 24.3 Å². The number of benzene rings is 1. The molecule has 5 atom stereocenters. The quantitative estimate of drug-likeness (QED) is 0.496. The van der Waals surface area contributed by atoms with E-state index in [0.717, 1.165) is 12.8 Å². The van der Waals surface area contributed by atoms with Gasteiger partial charge in [-0.15, -0.1) is 0 Å². The van der Waals surface area contributed by atoms with Crippen LogP contribution in [-0.2, 0) is 9.47 Å². The summed E-state index contributed by atoms with van der Waals surface area (Å²) < 4.78 is 17.6. The van der Waals surface area contributed by atoms with Gasteiger partial charge in [0.15, 0.2) is 5.75 Å². The summed E-state index contributed by atoms with van der Waals surface area (Å²) in [4.78, 5) is 10.7. The Bertz CT molecular complexity index is 611. The third kappa shape index (κ3) is 5.38. The highest BCUT2D eigenvalue weighted by Gasteiger charge is 2.39. The average Bonchev–Trinajstić information content (AvgIpc) is 2.65. The number of ether oxygens (including phenoxy) is 3. The van der Waals surface area contributed by atoms with Gasteiger partial charge in [-0.25, -0.2) is 0 Å². The molecule has 8 nitrogen and oxygen atoms in total. The lowest BCUT2D eigenvalue weighted by molar-refractivity contribution is -0.386. The van der Waals surface area contributed by atoms with Crippen LogP contribution in [0.3, 0.4) is 0 Å². The largest absolute Gasteiger partial charge is 0.480 e. The van der Waals surface area contributed by atoms with Gasteiger partial charge in [0.1, 0.15) is 6.10 Å². The normalized spacial score (nSPS) is 26.7. The van der Waals surface area contributed by atoms with E-state index in [1.54, 1.807) is 18.2 Å². The smallest absolute Gasteiger partial charge is 0.310 e. The Kier molecular flexibility index (Phi) is 7.97. The minimum Gasteiger partial charge on any atom is -0.480 e. The molecule has 27 heavy (non-hydrogen) atoms. The predicted molar refractivity (Wildman–Crippen MR) is 103 cm³/mol. The zero-order valence-electron chi connectivity index (χ0n) is 16.2. The van der Waals surface area contributed by atoms with Crippen molar-refractivity contribution in [3.63, 3.8) is 0 Å². The van der Waals surface area contributed by atoms with Crippen molar-refractivity contribution in [2.24, 2.45) is 17.4 Å². The van der Waals surface area contributed by atoms with Gasteiger partial charge >= 0.3 is 5.69 Å². The van der Waals surface area contributed by atoms with Gasteiger partial charge in [0.05, 0.1) is 42.4 Å². The van der Waals surface area contributed by atoms with E-state index in [0.29, 0.717) is 12.5 Å². The van der Waals surface area contributed by atoms with Crippen LogP contribution in [0.5, 0.6) is 5.75 Å². The van der Waals surface area contributed by atoms with Crippen molar-refractivity contribution < 1.29 is 19.1 Å². The molecule has 1 saturated heterocycles. The summed E-state index contributed by atoms with van der Waals surface area (Å²) in [7, 11) is 0. The van der Waals surface area contributed by atoms with Crippen molar-refractivity contribution in [1.29, 1.82) is 0 Å². The first-order valence-electron chi connectivity index (χ1n) is 9.53. The number of hydrogen-bond donors (Lipinski definition) is 2. The number of nitro benzene ring substituents is 1. The molecule has 0 saturated carbocycles. The van der Waals surface area contributed by atoms with Crippen LogP contribution >= 0.6 is 0 Å². The van der Waals surface area contributed by atoms with Crippen molar-refractivity contribution in [2.75, 3.05) is 13.2 Å². The van der Waals surface area contributed by atoms with Gasteiger partial charge in [-0.05, 0) is 18.9 Å². The van der Waals surface area contributed by atoms with Gasteiger partial charge < -0.3 is 25.7 Å². The van der Waals surface area contributed by atoms with Gasteiger partial charge in [0.2, 0.25) is 0 Å². The molecule has 1 aromatic carbocycles. The molecule has 1 aliphatic heterocycles. The molecule has 0 radical (unpaired) electrons. The summed E-state index contributed by atoms with van der Waals surface area (Å²) >= 11 is 0. The van der Waals surface area contributed by atoms with E-state index < -0.39 is 23.1 Å². The molecule has 152 valence electrons. The standard InChI is InChI=1S/C19H31N3O5/c1-4-13(5-2)12(3)25-11-17-18(21)19(14(20)10-26-17)27-16-9-7-6-8-15(16)22(23)24/h6-9,12-14,17-19H,4-5,10-11,20-21H2,1-3H3/t12-,14?,17?,18?,19?/m1/s1. The van der Waals surface area contributed by atoms with Gasteiger partial charge in [0.25, 0.3) is 0 Å². The summed E-state index contributed by atoms with van der Waals surface area (Å²) in [5.74, 6) is 0.636. The second-order valence-electron chi connectivity index (χ2n) is 7.04. The maximum absolute atomic E-state index is 11.2. The lowest BCUT2D eigenvalue weighted by Gasteiger charge is -2.39. The summed E-state index contributed by atoms with van der Waals surface area (Å²) in [5, 5.41) is 11.2. The third-order valence-corrected chi connectivity index (χ3v) is 5.29. The lowest BCUT2D eigenvalue weighted by atomic mass is 9.95.